The Morgan fingerprint density at radius 3 is 1.09 bits per heavy atom. The van der Waals surface area contributed by atoms with E-state index in [2.05, 4.69) is 50.5 Å². The van der Waals surface area contributed by atoms with Gasteiger partial charge in [-0.25, -0.2) is 29.9 Å². The summed E-state index contributed by atoms with van der Waals surface area (Å²) in [6.07, 6.45) is 0. The van der Waals surface area contributed by atoms with E-state index in [0.717, 1.165) is 22.8 Å². The minimum atomic E-state index is -0.204. The summed E-state index contributed by atoms with van der Waals surface area (Å²) < 4.78 is 0. The van der Waals surface area contributed by atoms with Crippen molar-refractivity contribution in [2.45, 2.75) is 41.5 Å². The predicted octanol–water partition coefficient (Wildman–Crippen LogP) is 2.46. The van der Waals surface area contributed by atoms with Gasteiger partial charge >= 0.3 is 0 Å². The second-order valence-corrected chi connectivity index (χ2v) is 7.67. The molecule has 0 bridgehead atoms. The highest BCUT2D eigenvalue weighted by molar-refractivity contribution is 5.43. The fourth-order valence-electron chi connectivity index (χ4n) is 3.05. The number of H-pyrrole nitrogens is 2. The van der Waals surface area contributed by atoms with Gasteiger partial charge in [0.25, 0.3) is 11.1 Å². The van der Waals surface area contributed by atoms with Crippen LogP contribution in [0.3, 0.4) is 0 Å². The first-order valence-corrected chi connectivity index (χ1v) is 10.4. The zero-order chi connectivity index (χ0) is 24.8. The van der Waals surface area contributed by atoms with Crippen LogP contribution in [0.1, 0.15) is 34.2 Å². The third-order valence-electron chi connectivity index (χ3n) is 4.16. The van der Waals surface area contributed by atoms with Crippen molar-refractivity contribution >= 4 is 23.8 Å². The van der Waals surface area contributed by atoms with Crippen LogP contribution >= 0.6 is 0 Å². The molecule has 0 aromatic carbocycles. The summed E-state index contributed by atoms with van der Waals surface area (Å²) in [6, 6.07) is 6.59. The number of rotatable bonds is 4. The Bertz CT molecular complexity index is 1280. The molecular weight excluding hydrogens is 436 g/mol. The van der Waals surface area contributed by atoms with Crippen LogP contribution in [0.15, 0.2) is 33.9 Å². The highest BCUT2D eigenvalue weighted by Crippen LogP contribution is 2.09. The van der Waals surface area contributed by atoms with Gasteiger partial charge in [0.2, 0.25) is 23.8 Å². The van der Waals surface area contributed by atoms with E-state index in [1.807, 2.05) is 39.8 Å². The van der Waals surface area contributed by atoms with Crippen LogP contribution in [-0.4, -0.2) is 39.9 Å². The standard InChI is InChI=1S/2C11H13N5O/c2*1-6-4-7(2)13-10(12-6)16-11-14-8(3)5-9(17)15-11/h2*4-5H,1-3H3,(H2,12,13,14,15,16,17). The molecule has 4 aromatic rings. The van der Waals surface area contributed by atoms with E-state index >= 15 is 0 Å². The van der Waals surface area contributed by atoms with Crippen molar-refractivity contribution in [1.29, 1.82) is 0 Å². The molecule has 0 aliphatic rings. The molecule has 0 saturated heterocycles. The van der Waals surface area contributed by atoms with E-state index < -0.39 is 0 Å². The smallest absolute Gasteiger partial charge is 0.252 e. The number of anilines is 4. The zero-order valence-corrected chi connectivity index (χ0v) is 19.8. The molecule has 34 heavy (non-hydrogen) atoms. The van der Waals surface area contributed by atoms with Crippen LogP contribution in [0, 0.1) is 41.5 Å². The lowest BCUT2D eigenvalue weighted by molar-refractivity contribution is 1.02. The number of hydrogen-bond acceptors (Lipinski definition) is 10. The molecule has 4 heterocycles. The average molecular weight is 463 g/mol. The summed E-state index contributed by atoms with van der Waals surface area (Å²) in [5, 5.41) is 5.76. The van der Waals surface area contributed by atoms with Crippen molar-refractivity contribution in [3.63, 3.8) is 0 Å². The van der Waals surface area contributed by atoms with Gasteiger partial charge in [0.15, 0.2) is 0 Å². The van der Waals surface area contributed by atoms with Gasteiger partial charge in [-0.2, -0.15) is 0 Å². The lowest BCUT2D eigenvalue weighted by Crippen LogP contribution is -2.12. The Morgan fingerprint density at radius 2 is 0.794 bits per heavy atom. The molecule has 0 aliphatic carbocycles. The van der Waals surface area contributed by atoms with Crippen LogP contribution in [-0.2, 0) is 0 Å². The summed E-state index contributed by atoms with van der Waals surface area (Å²) >= 11 is 0. The summed E-state index contributed by atoms with van der Waals surface area (Å²) in [7, 11) is 0. The van der Waals surface area contributed by atoms with Gasteiger partial charge in [-0.05, 0) is 53.7 Å². The normalized spacial score (nSPS) is 10.3. The van der Waals surface area contributed by atoms with Gasteiger partial charge in [-0.15, -0.1) is 0 Å². The van der Waals surface area contributed by atoms with Gasteiger partial charge in [-0.3, -0.25) is 30.2 Å². The third kappa shape index (κ3) is 7.29. The predicted molar refractivity (Wildman–Crippen MR) is 129 cm³/mol. The summed E-state index contributed by atoms with van der Waals surface area (Å²) in [4.78, 5) is 52.8. The van der Waals surface area contributed by atoms with E-state index in [-0.39, 0.29) is 11.1 Å². The molecule has 0 aliphatic heterocycles. The summed E-state index contributed by atoms with van der Waals surface area (Å²) in [6.45, 7) is 11.0. The quantitative estimate of drug-likeness (QED) is 0.353. The molecule has 12 nitrogen and oxygen atoms in total. The fraction of sp³-hybridized carbons (Fsp3) is 0.273. The molecule has 0 spiro atoms. The molecule has 0 saturated carbocycles. The molecule has 4 rings (SSSR count). The number of aromatic amines is 2. The van der Waals surface area contributed by atoms with Gasteiger partial charge in [-0.1, -0.05) is 0 Å². The first-order chi connectivity index (χ1) is 16.0. The third-order valence-corrected chi connectivity index (χ3v) is 4.16. The molecule has 4 N–H and O–H groups in total. The summed E-state index contributed by atoms with van der Waals surface area (Å²) in [5.41, 5.74) is 4.30. The van der Waals surface area contributed by atoms with Crippen molar-refractivity contribution in [3.05, 3.63) is 79.1 Å². The molecule has 4 aromatic heterocycles. The molecule has 0 atom stereocenters. The lowest BCUT2D eigenvalue weighted by atomic mass is 10.4. The van der Waals surface area contributed by atoms with Crippen molar-refractivity contribution in [3.8, 4) is 0 Å². The minimum Gasteiger partial charge on any atom is -0.294 e. The van der Waals surface area contributed by atoms with Crippen LogP contribution in [0.4, 0.5) is 23.8 Å². The van der Waals surface area contributed by atoms with Crippen LogP contribution in [0.5, 0.6) is 0 Å². The molecule has 0 unspecified atom stereocenters. The Morgan fingerprint density at radius 1 is 0.500 bits per heavy atom. The van der Waals surface area contributed by atoms with Crippen molar-refractivity contribution < 1.29 is 0 Å². The Balaban J connectivity index is 0.000000191. The van der Waals surface area contributed by atoms with Crippen molar-refractivity contribution in [2.75, 3.05) is 10.6 Å². The maximum atomic E-state index is 11.3. The van der Waals surface area contributed by atoms with E-state index in [1.54, 1.807) is 13.8 Å². The van der Waals surface area contributed by atoms with Crippen molar-refractivity contribution in [2.24, 2.45) is 0 Å². The van der Waals surface area contributed by atoms with Gasteiger partial charge < -0.3 is 0 Å². The van der Waals surface area contributed by atoms with Crippen LogP contribution in [0.2, 0.25) is 0 Å². The average Bonchev–Trinajstić information content (AvgIpc) is 2.65. The first kappa shape index (κ1) is 24.2. The number of aromatic nitrogens is 8. The molecule has 0 fully saturated rings. The SMILES string of the molecule is Cc1cc(C)nc(Nc2nc(C)cc(=O)[nH]2)n1.Cc1cc(C)nc(Nc2nc(C)cc(=O)[nH]2)n1. The molecule has 176 valence electrons. The van der Waals surface area contributed by atoms with Crippen LogP contribution in [0.25, 0.3) is 0 Å². The molecule has 0 amide bonds. The fourth-order valence-corrected chi connectivity index (χ4v) is 3.05. The van der Waals surface area contributed by atoms with Gasteiger partial charge in [0.1, 0.15) is 0 Å². The minimum absolute atomic E-state index is 0.204. The maximum absolute atomic E-state index is 11.3. The van der Waals surface area contributed by atoms with E-state index in [0.29, 0.717) is 35.2 Å². The molecule has 0 radical (unpaired) electrons. The Hall–Kier alpha value is -4.48. The molecule has 12 heteroatoms. The topological polar surface area (TPSA) is 167 Å². The summed E-state index contributed by atoms with van der Waals surface area (Å²) in [5.74, 6) is 1.55. The second-order valence-electron chi connectivity index (χ2n) is 7.67. The molecular formula is C22H26N10O2. The number of hydrogen-bond donors (Lipinski definition) is 4. The van der Waals surface area contributed by atoms with E-state index in [1.165, 1.54) is 12.1 Å². The second kappa shape index (κ2) is 10.4. The van der Waals surface area contributed by atoms with Gasteiger partial charge in [0.05, 0.1) is 0 Å². The number of aryl methyl sites for hydroxylation is 6. The number of nitrogens with zero attached hydrogens (tertiary/aromatic N) is 6. The largest absolute Gasteiger partial charge is 0.294 e. The Labute approximate surface area is 195 Å². The number of nitrogens with one attached hydrogen (secondary N) is 4. The maximum Gasteiger partial charge on any atom is 0.252 e. The highest BCUT2D eigenvalue weighted by Gasteiger charge is 2.04. The van der Waals surface area contributed by atoms with E-state index in [9.17, 15) is 9.59 Å². The van der Waals surface area contributed by atoms with Crippen molar-refractivity contribution in [1.82, 2.24) is 39.9 Å². The highest BCUT2D eigenvalue weighted by atomic mass is 16.1. The lowest BCUT2D eigenvalue weighted by Gasteiger charge is -2.05. The van der Waals surface area contributed by atoms with Gasteiger partial charge in [0, 0.05) is 46.3 Å². The monoisotopic (exact) mass is 462 g/mol. The van der Waals surface area contributed by atoms with Crippen LogP contribution < -0.4 is 21.8 Å². The first-order valence-electron chi connectivity index (χ1n) is 10.4. The van der Waals surface area contributed by atoms with E-state index in [4.69, 9.17) is 0 Å². The Kier molecular flexibility index (Phi) is 7.41. The zero-order valence-electron chi connectivity index (χ0n) is 19.8.